The molecule has 1 saturated heterocycles. The van der Waals surface area contributed by atoms with Gasteiger partial charge in [0.15, 0.2) is 5.82 Å². The van der Waals surface area contributed by atoms with Crippen molar-refractivity contribution in [3.8, 4) is 17.0 Å². The van der Waals surface area contributed by atoms with Gasteiger partial charge in [0.05, 0.1) is 25.0 Å². The molecule has 0 aliphatic carbocycles. The van der Waals surface area contributed by atoms with Gasteiger partial charge in [-0.05, 0) is 43.2 Å². The van der Waals surface area contributed by atoms with E-state index in [2.05, 4.69) is 10.2 Å². The summed E-state index contributed by atoms with van der Waals surface area (Å²) >= 11 is 0. The molecule has 1 aromatic carbocycles. The Morgan fingerprint density at radius 3 is 2.74 bits per heavy atom. The Bertz CT molecular complexity index is 688. The standard InChI is InChI=1S/C17H21N3O3/c1-11-3-5-15(22)17(12(11)2)14-4-6-16(19-18-14)20-7-8-23-13(9-20)10-21/h3-6,13,21-22H,7-10H2,1-2H3/t13-/m0/s1. The van der Waals surface area contributed by atoms with Crippen LogP contribution in [-0.2, 0) is 4.74 Å². The van der Waals surface area contributed by atoms with Crippen LogP contribution in [0.2, 0.25) is 0 Å². The molecule has 2 aromatic rings. The number of nitrogens with zero attached hydrogens (tertiary/aromatic N) is 3. The molecule has 122 valence electrons. The summed E-state index contributed by atoms with van der Waals surface area (Å²) in [4.78, 5) is 2.05. The smallest absolute Gasteiger partial charge is 0.151 e. The zero-order valence-electron chi connectivity index (χ0n) is 13.4. The Morgan fingerprint density at radius 1 is 1.22 bits per heavy atom. The van der Waals surface area contributed by atoms with E-state index in [0.29, 0.717) is 18.8 Å². The molecule has 0 bridgehead atoms. The summed E-state index contributed by atoms with van der Waals surface area (Å²) in [6.07, 6.45) is -0.187. The first kappa shape index (κ1) is 15.7. The van der Waals surface area contributed by atoms with Crippen molar-refractivity contribution in [2.24, 2.45) is 0 Å². The molecule has 6 nitrogen and oxygen atoms in total. The zero-order chi connectivity index (χ0) is 16.4. The van der Waals surface area contributed by atoms with Gasteiger partial charge in [0.1, 0.15) is 5.75 Å². The minimum Gasteiger partial charge on any atom is -0.507 e. The molecule has 0 saturated carbocycles. The van der Waals surface area contributed by atoms with E-state index in [9.17, 15) is 10.2 Å². The Balaban J connectivity index is 1.87. The molecule has 1 fully saturated rings. The van der Waals surface area contributed by atoms with Crippen molar-refractivity contribution in [1.29, 1.82) is 0 Å². The number of ether oxygens (including phenoxy) is 1. The number of aliphatic hydroxyl groups is 1. The minimum atomic E-state index is -0.187. The predicted molar refractivity (Wildman–Crippen MR) is 87.6 cm³/mol. The summed E-state index contributed by atoms with van der Waals surface area (Å²) in [6.45, 7) is 5.85. The maximum absolute atomic E-state index is 10.1. The van der Waals surface area contributed by atoms with Crippen LogP contribution in [0, 0.1) is 13.8 Å². The monoisotopic (exact) mass is 315 g/mol. The predicted octanol–water partition coefficient (Wildman–Crippen LogP) is 1.66. The summed E-state index contributed by atoms with van der Waals surface area (Å²) in [7, 11) is 0. The number of anilines is 1. The van der Waals surface area contributed by atoms with Gasteiger partial charge in [-0.2, -0.15) is 0 Å². The summed E-state index contributed by atoms with van der Waals surface area (Å²) in [6, 6.07) is 7.33. The third kappa shape index (κ3) is 3.13. The first-order valence-electron chi connectivity index (χ1n) is 7.71. The van der Waals surface area contributed by atoms with Crippen molar-refractivity contribution in [2.45, 2.75) is 20.0 Å². The lowest BCUT2D eigenvalue weighted by molar-refractivity contribution is 0.00332. The molecule has 1 aromatic heterocycles. The van der Waals surface area contributed by atoms with E-state index >= 15 is 0 Å². The number of morpholine rings is 1. The molecule has 1 aliphatic rings. The Labute approximate surface area is 135 Å². The van der Waals surface area contributed by atoms with E-state index < -0.39 is 0 Å². The number of hydrogen-bond acceptors (Lipinski definition) is 6. The number of aryl methyl sites for hydroxylation is 1. The number of aromatic nitrogens is 2. The van der Waals surface area contributed by atoms with Crippen LogP contribution in [0.5, 0.6) is 5.75 Å². The summed E-state index contributed by atoms with van der Waals surface area (Å²) in [5, 5.41) is 27.9. The second-order valence-electron chi connectivity index (χ2n) is 5.80. The van der Waals surface area contributed by atoms with Gasteiger partial charge in [-0.3, -0.25) is 0 Å². The number of rotatable bonds is 3. The fourth-order valence-corrected chi connectivity index (χ4v) is 2.79. The number of phenols is 1. The van der Waals surface area contributed by atoms with Gasteiger partial charge in [0.25, 0.3) is 0 Å². The summed E-state index contributed by atoms with van der Waals surface area (Å²) in [5.41, 5.74) is 3.47. The minimum absolute atomic E-state index is 0.00162. The van der Waals surface area contributed by atoms with Crippen LogP contribution in [0.1, 0.15) is 11.1 Å². The van der Waals surface area contributed by atoms with Crippen LogP contribution in [0.4, 0.5) is 5.82 Å². The van der Waals surface area contributed by atoms with Crippen molar-refractivity contribution in [2.75, 3.05) is 31.2 Å². The Kier molecular flexibility index (Phi) is 4.45. The number of benzene rings is 1. The van der Waals surface area contributed by atoms with Crippen molar-refractivity contribution in [1.82, 2.24) is 10.2 Å². The van der Waals surface area contributed by atoms with Crippen LogP contribution >= 0.6 is 0 Å². The van der Waals surface area contributed by atoms with Crippen molar-refractivity contribution < 1.29 is 14.9 Å². The van der Waals surface area contributed by atoms with Gasteiger partial charge in [-0.15, -0.1) is 10.2 Å². The number of aliphatic hydroxyl groups excluding tert-OH is 1. The second-order valence-corrected chi connectivity index (χ2v) is 5.80. The third-order valence-corrected chi connectivity index (χ3v) is 4.29. The molecule has 6 heteroatoms. The van der Waals surface area contributed by atoms with E-state index in [-0.39, 0.29) is 18.5 Å². The van der Waals surface area contributed by atoms with Crippen molar-refractivity contribution in [3.05, 3.63) is 35.4 Å². The van der Waals surface area contributed by atoms with E-state index in [1.165, 1.54) is 0 Å². The van der Waals surface area contributed by atoms with Crippen molar-refractivity contribution >= 4 is 5.82 Å². The van der Waals surface area contributed by atoms with Gasteiger partial charge < -0.3 is 19.8 Å². The lowest BCUT2D eigenvalue weighted by Gasteiger charge is -2.32. The first-order chi connectivity index (χ1) is 11.1. The van der Waals surface area contributed by atoms with Crippen LogP contribution < -0.4 is 4.90 Å². The molecule has 0 spiro atoms. The lowest BCUT2D eigenvalue weighted by Crippen LogP contribution is -2.44. The molecule has 1 aliphatic heterocycles. The molecule has 2 heterocycles. The van der Waals surface area contributed by atoms with Crippen molar-refractivity contribution in [3.63, 3.8) is 0 Å². The van der Waals surface area contributed by atoms with Gasteiger partial charge >= 0.3 is 0 Å². The Morgan fingerprint density at radius 2 is 2.04 bits per heavy atom. The van der Waals surface area contributed by atoms with Crippen LogP contribution in [0.25, 0.3) is 11.3 Å². The molecule has 0 unspecified atom stereocenters. The molecular formula is C17H21N3O3. The van der Waals surface area contributed by atoms with E-state index in [0.717, 1.165) is 29.1 Å². The summed E-state index contributed by atoms with van der Waals surface area (Å²) < 4.78 is 5.44. The van der Waals surface area contributed by atoms with E-state index in [1.54, 1.807) is 6.07 Å². The highest BCUT2D eigenvalue weighted by Gasteiger charge is 2.21. The van der Waals surface area contributed by atoms with Gasteiger partial charge in [0, 0.05) is 18.7 Å². The molecular weight excluding hydrogens is 294 g/mol. The summed E-state index contributed by atoms with van der Waals surface area (Å²) in [5.74, 6) is 0.960. The quantitative estimate of drug-likeness (QED) is 0.897. The molecule has 1 atom stereocenters. The molecule has 0 amide bonds. The largest absolute Gasteiger partial charge is 0.507 e. The van der Waals surface area contributed by atoms with Gasteiger partial charge in [-0.1, -0.05) is 6.07 Å². The SMILES string of the molecule is Cc1ccc(O)c(-c2ccc(N3CCO[C@H](CO)C3)nn2)c1C. The second kappa shape index (κ2) is 6.52. The number of hydrogen-bond donors (Lipinski definition) is 2. The first-order valence-corrected chi connectivity index (χ1v) is 7.71. The highest BCUT2D eigenvalue weighted by Crippen LogP contribution is 2.33. The maximum atomic E-state index is 10.1. The highest BCUT2D eigenvalue weighted by molar-refractivity contribution is 5.72. The molecule has 0 radical (unpaired) electrons. The lowest BCUT2D eigenvalue weighted by atomic mass is 9.99. The van der Waals surface area contributed by atoms with E-state index in [1.807, 2.05) is 36.9 Å². The maximum Gasteiger partial charge on any atom is 0.151 e. The van der Waals surface area contributed by atoms with E-state index in [4.69, 9.17) is 4.74 Å². The normalized spacial score (nSPS) is 18.2. The fourth-order valence-electron chi connectivity index (χ4n) is 2.79. The Hall–Kier alpha value is -2.18. The molecule has 23 heavy (non-hydrogen) atoms. The number of aromatic hydroxyl groups is 1. The highest BCUT2D eigenvalue weighted by atomic mass is 16.5. The van der Waals surface area contributed by atoms with Crippen LogP contribution in [0.15, 0.2) is 24.3 Å². The third-order valence-electron chi connectivity index (χ3n) is 4.29. The zero-order valence-corrected chi connectivity index (χ0v) is 13.4. The molecule has 2 N–H and O–H groups in total. The van der Waals surface area contributed by atoms with Gasteiger partial charge in [0.2, 0.25) is 0 Å². The average Bonchev–Trinajstić information content (AvgIpc) is 2.59. The number of phenolic OH excluding ortho intramolecular Hbond substituents is 1. The van der Waals surface area contributed by atoms with Crippen LogP contribution in [-0.4, -0.2) is 52.8 Å². The molecule has 3 rings (SSSR count). The van der Waals surface area contributed by atoms with Gasteiger partial charge in [-0.25, -0.2) is 0 Å². The average molecular weight is 315 g/mol. The topological polar surface area (TPSA) is 78.7 Å². The fraction of sp³-hybridized carbons (Fsp3) is 0.412. The van der Waals surface area contributed by atoms with Crippen LogP contribution in [0.3, 0.4) is 0 Å².